The summed E-state index contributed by atoms with van der Waals surface area (Å²) in [6.07, 6.45) is 5.97. The molecule has 1 spiro atoms. The summed E-state index contributed by atoms with van der Waals surface area (Å²) in [7, 11) is 1.71. The van der Waals surface area contributed by atoms with Gasteiger partial charge in [-0.2, -0.15) is 5.10 Å². The van der Waals surface area contributed by atoms with Crippen LogP contribution in [0, 0.1) is 6.92 Å². The second-order valence-electron chi connectivity index (χ2n) is 9.04. The lowest BCUT2D eigenvalue weighted by Gasteiger charge is -2.45. The molecular formula is C25H29N3O4. The van der Waals surface area contributed by atoms with E-state index in [2.05, 4.69) is 28.1 Å². The number of ether oxygens (including phenoxy) is 2. The normalized spacial score (nSPS) is 23.8. The predicted molar refractivity (Wildman–Crippen MR) is 121 cm³/mol. The molecule has 2 atom stereocenters. The standard InChI is InChI=1S/C25H29N3O4/c1-16-12-22(31-2)20(19-14-26-27-23(16)19)15-28-10-9-25(8-3-11-32-25)13-21(28)17-4-6-18(7-5-17)24(29)30/h4-7,12,14,21H,3,8-11,13,15H2,1-2H3,(H,26,27)(H,29,30). The van der Waals surface area contributed by atoms with Gasteiger partial charge in [0.2, 0.25) is 0 Å². The Labute approximate surface area is 187 Å². The van der Waals surface area contributed by atoms with Crippen LogP contribution in [0.25, 0.3) is 10.9 Å². The van der Waals surface area contributed by atoms with Crippen LogP contribution in [-0.4, -0.2) is 52.0 Å². The number of likely N-dealkylation sites (tertiary alicyclic amines) is 1. The van der Waals surface area contributed by atoms with E-state index in [1.54, 1.807) is 19.2 Å². The largest absolute Gasteiger partial charge is 0.496 e. The van der Waals surface area contributed by atoms with Crippen LogP contribution in [0.3, 0.4) is 0 Å². The first-order valence-electron chi connectivity index (χ1n) is 11.2. The third-order valence-electron chi connectivity index (χ3n) is 7.17. The summed E-state index contributed by atoms with van der Waals surface area (Å²) >= 11 is 0. The molecule has 3 aromatic rings. The Morgan fingerprint density at radius 1 is 1.34 bits per heavy atom. The molecule has 2 aliphatic rings. The Kier molecular flexibility index (Phi) is 5.39. The molecule has 7 heteroatoms. The lowest BCUT2D eigenvalue weighted by atomic mass is 9.81. The van der Waals surface area contributed by atoms with Gasteiger partial charge in [0.25, 0.3) is 0 Å². The molecule has 2 aromatic carbocycles. The zero-order valence-corrected chi connectivity index (χ0v) is 18.6. The smallest absolute Gasteiger partial charge is 0.335 e. The summed E-state index contributed by atoms with van der Waals surface area (Å²) in [4.78, 5) is 13.8. The number of nitrogens with one attached hydrogen (secondary N) is 1. The predicted octanol–water partition coefficient (Wildman–Crippen LogP) is 4.46. The number of carboxylic acid groups (broad SMARTS) is 1. The van der Waals surface area contributed by atoms with Crippen LogP contribution < -0.4 is 4.74 Å². The highest BCUT2D eigenvalue weighted by Gasteiger charge is 2.43. The van der Waals surface area contributed by atoms with Gasteiger partial charge < -0.3 is 14.6 Å². The summed E-state index contributed by atoms with van der Waals surface area (Å²) in [5.74, 6) is -0.0341. The summed E-state index contributed by atoms with van der Waals surface area (Å²) in [6.45, 7) is 4.51. The number of methoxy groups -OCH3 is 1. The van der Waals surface area contributed by atoms with E-state index in [1.807, 2.05) is 18.3 Å². The number of benzene rings is 2. The van der Waals surface area contributed by atoms with Crippen LogP contribution >= 0.6 is 0 Å². The first kappa shape index (κ1) is 21.0. The molecule has 0 bridgehead atoms. The van der Waals surface area contributed by atoms with Crippen molar-refractivity contribution in [1.29, 1.82) is 0 Å². The number of aromatic amines is 1. The number of hydrogen-bond acceptors (Lipinski definition) is 5. The molecule has 0 saturated carbocycles. The molecule has 7 nitrogen and oxygen atoms in total. The van der Waals surface area contributed by atoms with Crippen molar-refractivity contribution in [3.05, 3.63) is 58.8 Å². The Balaban J connectivity index is 1.52. The molecule has 2 fully saturated rings. The lowest BCUT2D eigenvalue weighted by molar-refractivity contribution is -0.0676. The number of piperidine rings is 1. The van der Waals surface area contributed by atoms with Crippen LogP contribution in [0.4, 0.5) is 0 Å². The third-order valence-corrected chi connectivity index (χ3v) is 7.17. The van der Waals surface area contributed by atoms with Gasteiger partial charge in [0.1, 0.15) is 5.75 Å². The van der Waals surface area contributed by atoms with Gasteiger partial charge in [-0.25, -0.2) is 4.79 Å². The maximum absolute atomic E-state index is 11.3. The SMILES string of the molecule is COc1cc(C)c2[nH]ncc2c1CN1CCC2(CCCO2)CC1c1ccc(C(=O)O)cc1. The van der Waals surface area contributed by atoms with Crippen LogP contribution in [0.15, 0.2) is 36.5 Å². The molecule has 0 amide bonds. The number of aromatic carboxylic acids is 1. The molecule has 0 radical (unpaired) electrons. The maximum atomic E-state index is 11.3. The first-order chi connectivity index (χ1) is 15.5. The number of H-pyrrole nitrogens is 1. The molecule has 3 heterocycles. The van der Waals surface area contributed by atoms with Gasteiger partial charge in [-0.05, 0) is 61.9 Å². The highest BCUT2D eigenvalue weighted by molar-refractivity contribution is 5.88. The van der Waals surface area contributed by atoms with Gasteiger partial charge in [0.05, 0.1) is 30.0 Å². The van der Waals surface area contributed by atoms with E-state index in [1.165, 1.54) is 0 Å². The van der Waals surface area contributed by atoms with Gasteiger partial charge in [-0.1, -0.05) is 12.1 Å². The minimum Gasteiger partial charge on any atom is -0.496 e. The molecule has 2 unspecified atom stereocenters. The molecular weight excluding hydrogens is 406 g/mol. The van der Waals surface area contributed by atoms with E-state index in [9.17, 15) is 9.90 Å². The van der Waals surface area contributed by atoms with Gasteiger partial charge in [0, 0.05) is 36.7 Å². The van der Waals surface area contributed by atoms with Crippen molar-refractivity contribution in [3.8, 4) is 5.75 Å². The number of aromatic nitrogens is 2. The Morgan fingerprint density at radius 2 is 2.16 bits per heavy atom. The number of nitrogens with zero attached hydrogens (tertiary/aromatic N) is 2. The molecule has 0 aliphatic carbocycles. The highest BCUT2D eigenvalue weighted by Crippen LogP contribution is 2.45. The minimum absolute atomic E-state index is 0.0744. The second-order valence-corrected chi connectivity index (χ2v) is 9.04. The summed E-state index contributed by atoms with van der Waals surface area (Å²) in [5, 5.41) is 17.8. The fourth-order valence-corrected chi connectivity index (χ4v) is 5.42. The summed E-state index contributed by atoms with van der Waals surface area (Å²) in [5.41, 5.74) is 4.63. The molecule has 2 aliphatic heterocycles. The molecule has 168 valence electrons. The van der Waals surface area contributed by atoms with Crippen molar-refractivity contribution in [3.63, 3.8) is 0 Å². The number of hydrogen-bond donors (Lipinski definition) is 2. The maximum Gasteiger partial charge on any atom is 0.335 e. The summed E-state index contributed by atoms with van der Waals surface area (Å²) in [6, 6.07) is 9.51. The van der Waals surface area contributed by atoms with Gasteiger partial charge in [-0.15, -0.1) is 0 Å². The van der Waals surface area contributed by atoms with E-state index < -0.39 is 5.97 Å². The van der Waals surface area contributed by atoms with E-state index in [0.29, 0.717) is 5.56 Å². The molecule has 2 N–H and O–H groups in total. The molecule has 5 rings (SSSR count). The highest BCUT2D eigenvalue weighted by atomic mass is 16.5. The number of fused-ring (bicyclic) bond motifs is 1. The molecule has 2 saturated heterocycles. The van der Waals surface area contributed by atoms with E-state index in [-0.39, 0.29) is 11.6 Å². The molecule has 32 heavy (non-hydrogen) atoms. The van der Waals surface area contributed by atoms with Crippen molar-refractivity contribution < 1.29 is 19.4 Å². The van der Waals surface area contributed by atoms with E-state index in [4.69, 9.17) is 9.47 Å². The third kappa shape index (κ3) is 3.65. The Hall–Kier alpha value is -2.90. The molecule has 1 aromatic heterocycles. The number of carboxylic acids is 1. The monoisotopic (exact) mass is 435 g/mol. The van der Waals surface area contributed by atoms with Crippen LogP contribution in [-0.2, 0) is 11.3 Å². The number of aryl methyl sites for hydroxylation is 1. The Bertz CT molecular complexity index is 1130. The van der Waals surface area contributed by atoms with Gasteiger partial charge in [0.15, 0.2) is 0 Å². The minimum atomic E-state index is -0.903. The van der Waals surface area contributed by atoms with Crippen molar-refractivity contribution in [2.45, 2.75) is 50.8 Å². The Morgan fingerprint density at radius 3 is 2.84 bits per heavy atom. The van der Waals surface area contributed by atoms with Gasteiger partial charge >= 0.3 is 5.97 Å². The van der Waals surface area contributed by atoms with Crippen molar-refractivity contribution >= 4 is 16.9 Å². The van der Waals surface area contributed by atoms with Crippen molar-refractivity contribution in [1.82, 2.24) is 15.1 Å². The van der Waals surface area contributed by atoms with Gasteiger partial charge in [-0.3, -0.25) is 10.00 Å². The van der Waals surface area contributed by atoms with E-state index in [0.717, 1.165) is 78.7 Å². The van der Waals surface area contributed by atoms with Crippen molar-refractivity contribution in [2.75, 3.05) is 20.3 Å². The average Bonchev–Trinajstić information content (AvgIpc) is 3.47. The van der Waals surface area contributed by atoms with Crippen LogP contribution in [0.5, 0.6) is 5.75 Å². The number of rotatable bonds is 5. The fourth-order valence-electron chi connectivity index (χ4n) is 5.42. The van der Waals surface area contributed by atoms with Crippen molar-refractivity contribution in [2.24, 2.45) is 0 Å². The number of carbonyl (C=O) groups is 1. The fraction of sp³-hybridized carbons (Fsp3) is 0.440. The zero-order chi connectivity index (χ0) is 22.3. The van der Waals surface area contributed by atoms with E-state index >= 15 is 0 Å². The van der Waals surface area contributed by atoms with Crippen LogP contribution in [0.2, 0.25) is 0 Å². The summed E-state index contributed by atoms with van der Waals surface area (Å²) < 4.78 is 12.0. The lowest BCUT2D eigenvalue weighted by Crippen LogP contribution is -2.45. The topological polar surface area (TPSA) is 87.7 Å². The zero-order valence-electron chi connectivity index (χ0n) is 18.6. The second kappa shape index (κ2) is 8.22. The average molecular weight is 436 g/mol. The van der Waals surface area contributed by atoms with Crippen LogP contribution in [0.1, 0.15) is 58.8 Å². The quantitative estimate of drug-likeness (QED) is 0.615. The first-order valence-corrected chi connectivity index (χ1v) is 11.2.